The molecule has 2 aromatic rings. The highest BCUT2D eigenvalue weighted by Crippen LogP contribution is 2.31. The third-order valence-corrected chi connectivity index (χ3v) is 3.66. The number of hydrogen-bond acceptors (Lipinski definition) is 6. The fourth-order valence-corrected chi connectivity index (χ4v) is 2.33. The van der Waals surface area contributed by atoms with Gasteiger partial charge in [-0.15, -0.1) is 0 Å². The number of fused-ring (bicyclic) bond motifs is 1. The zero-order chi connectivity index (χ0) is 17.9. The Hall–Kier alpha value is -2.58. The van der Waals surface area contributed by atoms with Gasteiger partial charge in [-0.05, 0) is 18.6 Å². The predicted molar refractivity (Wildman–Crippen MR) is 87.5 cm³/mol. The third-order valence-electron chi connectivity index (χ3n) is 3.30. The van der Waals surface area contributed by atoms with Gasteiger partial charge in [0.2, 0.25) is 5.91 Å². The van der Waals surface area contributed by atoms with Gasteiger partial charge in [0.05, 0.1) is 18.5 Å². The minimum atomic E-state index is -1.04. The number of hydrogen-bond donors (Lipinski definition) is 3. The molecule has 1 heterocycles. The maximum Gasteiger partial charge on any atom is 0.346 e. The smallest absolute Gasteiger partial charge is 0.346 e. The molecule has 1 aromatic heterocycles. The summed E-state index contributed by atoms with van der Waals surface area (Å²) in [5.41, 5.74) is 5.27. The molecule has 0 aliphatic rings. The maximum atomic E-state index is 12.0. The van der Waals surface area contributed by atoms with Gasteiger partial charge in [0.25, 0.3) is 0 Å². The van der Waals surface area contributed by atoms with E-state index in [1.807, 2.05) is 0 Å². The number of aliphatic carboxylic acids is 1. The molecule has 9 heteroatoms. The van der Waals surface area contributed by atoms with Crippen molar-refractivity contribution in [3.63, 3.8) is 0 Å². The summed E-state index contributed by atoms with van der Waals surface area (Å²) in [6, 6.07) is 3.49. The van der Waals surface area contributed by atoms with Crippen LogP contribution in [-0.4, -0.2) is 30.1 Å². The Morgan fingerprint density at radius 3 is 2.75 bits per heavy atom. The lowest BCUT2D eigenvalue weighted by atomic mass is 10.1. The highest BCUT2D eigenvalue weighted by molar-refractivity contribution is 6.36. The number of ether oxygens (including phenoxy) is 1. The molecule has 1 aromatic carbocycles. The lowest BCUT2D eigenvalue weighted by molar-refractivity contribution is -0.137. The van der Waals surface area contributed by atoms with Crippen LogP contribution >= 0.6 is 11.6 Å². The Bertz CT molecular complexity index is 848. The third kappa shape index (κ3) is 3.84. The Balaban J connectivity index is 2.25. The molecule has 0 aliphatic carbocycles. The molecule has 0 bridgehead atoms. The number of halogens is 1. The molecular formula is C15H15ClN2O6. The van der Waals surface area contributed by atoms with Crippen molar-refractivity contribution in [2.75, 3.05) is 12.4 Å². The number of carbonyl (C=O) groups is 2. The van der Waals surface area contributed by atoms with Crippen LogP contribution < -0.4 is 21.4 Å². The van der Waals surface area contributed by atoms with E-state index in [4.69, 9.17) is 31.6 Å². The van der Waals surface area contributed by atoms with Crippen LogP contribution in [0.3, 0.4) is 0 Å². The Morgan fingerprint density at radius 2 is 2.12 bits per heavy atom. The first kappa shape index (κ1) is 17.8. The van der Waals surface area contributed by atoms with Gasteiger partial charge in [-0.1, -0.05) is 17.7 Å². The summed E-state index contributed by atoms with van der Waals surface area (Å²) in [6.07, 6.45) is -0.217. The molecule has 128 valence electrons. The molecule has 1 unspecified atom stereocenters. The van der Waals surface area contributed by atoms with Gasteiger partial charge >= 0.3 is 17.5 Å². The zero-order valence-corrected chi connectivity index (χ0v) is 13.4. The van der Waals surface area contributed by atoms with E-state index in [0.29, 0.717) is 11.1 Å². The van der Waals surface area contributed by atoms with E-state index in [2.05, 4.69) is 5.32 Å². The summed E-state index contributed by atoms with van der Waals surface area (Å²) in [5, 5.41) is 11.8. The summed E-state index contributed by atoms with van der Waals surface area (Å²) in [7, 11) is 1.32. The second-order valence-corrected chi connectivity index (χ2v) is 5.36. The largest absolute Gasteiger partial charge is 0.481 e. The fraction of sp³-hybridized carbons (Fsp3) is 0.267. The maximum absolute atomic E-state index is 12.0. The molecule has 1 atom stereocenters. The molecule has 0 saturated carbocycles. The van der Waals surface area contributed by atoms with Gasteiger partial charge in [0.15, 0.2) is 0 Å². The van der Waals surface area contributed by atoms with Crippen molar-refractivity contribution in [2.24, 2.45) is 5.73 Å². The van der Waals surface area contributed by atoms with Crippen LogP contribution in [0.5, 0.6) is 5.95 Å². The van der Waals surface area contributed by atoms with E-state index < -0.39 is 23.5 Å². The first-order chi connectivity index (χ1) is 11.3. The van der Waals surface area contributed by atoms with E-state index in [-0.39, 0.29) is 29.2 Å². The van der Waals surface area contributed by atoms with Crippen LogP contribution in [0, 0.1) is 0 Å². The van der Waals surface area contributed by atoms with Gasteiger partial charge in [-0.25, -0.2) is 4.79 Å². The number of nitrogens with one attached hydrogen (secondary N) is 1. The van der Waals surface area contributed by atoms with E-state index >= 15 is 0 Å². The summed E-state index contributed by atoms with van der Waals surface area (Å²) in [5.74, 6) is -1.69. The van der Waals surface area contributed by atoms with Crippen LogP contribution in [-0.2, 0) is 9.59 Å². The van der Waals surface area contributed by atoms with Crippen LogP contribution in [0.25, 0.3) is 10.8 Å². The number of carboxylic acids is 1. The van der Waals surface area contributed by atoms with Crippen molar-refractivity contribution >= 4 is 39.9 Å². The number of rotatable bonds is 6. The molecule has 8 nitrogen and oxygen atoms in total. The molecule has 2 rings (SSSR count). The zero-order valence-electron chi connectivity index (χ0n) is 12.7. The Morgan fingerprint density at radius 1 is 1.42 bits per heavy atom. The van der Waals surface area contributed by atoms with Gasteiger partial charge in [0, 0.05) is 17.5 Å². The molecule has 4 N–H and O–H groups in total. The van der Waals surface area contributed by atoms with Crippen molar-refractivity contribution in [1.29, 1.82) is 0 Å². The monoisotopic (exact) mass is 354 g/mol. The normalized spacial score (nSPS) is 12.0. The highest BCUT2D eigenvalue weighted by Gasteiger charge is 2.17. The molecule has 0 fully saturated rings. The average Bonchev–Trinajstić information content (AvgIpc) is 2.55. The summed E-state index contributed by atoms with van der Waals surface area (Å²) >= 11 is 6.07. The summed E-state index contributed by atoms with van der Waals surface area (Å²) in [4.78, 5) is 34.4. The van der Waals surface area contributed by atoms with Crippen LogP contribution in [0.2, 0.25) is 5.02 Å². The lowest BCUT2D eigenvalue weighted by Gasteiger charge is -2.12. The molecule has 24 heavy (non-hydrogen) atoms. The van der Waals surface area contributed by atoms with Crippen LogP contribution in [0.1, 0.15) is 12.8 Å². The Labute approximate surface area is 141 Å². The number of amides is 1. The average molecular weight is 355 g/mol. The number of methoxy groups -OCH3 is 1. The van der Waals surface area contributed by atoms with Crippen molar-refractivity contribution in [3.05, 3.63) is 33.6 Å². The standard InChI is InChI=1S/C15H15ClN2O6/c1-23-15-12(16)8-3-2-7(6-9(8)14(22)24-15)18-13(21)10(17)4-5-11(19)20/h2-3,6,10H,4-5,17H2,1H3,(H,18,21)(H,19,20). The van der Waals surface area contributed by atoms with Crippen LogP contribution in [0.15, 0.2) is 27.4 Å². The summed E-state index contributed by atoms with van der Waals surface area (Å²) in [6.45, 7) is 0. The number of benzene rings is 1. The Kier molecular flexibility index (Phi) is 5.42. The van der Waals surface area contributed by atoms with Crippen LogP contribution in [0.4, 0.5) is 5.69 Å². The molecule has 0 radical (unpaired) electrons. The number of carboxylic acid groups (broad SMARTS) is 1. The minimum absolute atomic E-state index is 0.0000855. The SMILES string of the molecule is COc1oc(=O)c2cc(NC(=O)C(N)CCC(=O)O)ccc2c1Cl. The van der Waals surface area contributed by atoms with Gasteiger partial charge in [-0.3, -0.25) is 9.59 Å². The molecule has 0 saturated heterocycles. The molecular weight excluding hydrogens is 340 g/mol. The van der Waals surface area contributed by atoms with Crippen molar-refractivity contribution in [1.82, 2.24) is 0 Å². The number of carbonyl (C=O) groups excluding carboxylic acids is 1. The minimum Gasteiger partial charge on any atom is -0.481 e. The van der Waals surface area contributed by atoms with E-state index in [1.165, 1.54) is 25.3 Å². The molecule has 1 amide bonds. The van der Waals surface area contributed by atoms with Crippen molar-refractivity contribution in [2.45, 2.75) is 18.9 Å². The second-order valence-electron chi connectivity index (χ2n) is 4.98. The second kappa shape index (κ2) is 7.33. The first-order valence-electron chi connectivity index (χ1n) is 6.92. The van der Waals surface area contributed by atoms with E-state index in [0.717, 1.165) is 0 Å². The molecule has 0 spiro atoms. The van der Waals surface area contributed by atoms with Gasteiger partial charge in [0.1, 0.15) is 5.02 Å². The number of nitrogens with two attached hydrogens (primary N) is 1. The predicted octanol–water partition coefficient (Wildman–Crippen LogP) is 1.59. The molecule has 0 aliphatic heterocycles. The van der Waals surface area contributed by atoms with Gasteiger partial charge in [-0.2, -0.15) is 0 Å². The van der Waals surface area contributed by atoms with E-state index in [9.17, 15) is 14.4 Å². The van der Waals surface area contributed by atoms with Gasteiger partial charge < -0.3 is 25.3 Å². The quantitative estimate of drug-likeness (QED) is 0.717. The van der Waals surface area contributed by atoms with Crippen molar-refractivity contribution < 1.29 is 23.8 Å². The topological polar surface area (TPSA) is 132 Å². The lowest BCUT2D eigenvalue weighted by Crippen LogP contribution is -2.36. The summed E-state index contributed by atoms with van der Waals surface area (Å²) < 4.78 is 9.80. The van der Waals surface area contributed by atoms with Crippen molar-refractivity contribution in [3.8, 4) is 5.95 Å². The fourth-order valence-electron chi connectivity index (χ4n) is 2.05. The highest BCUT2D eigenvalue weighted by atomic mass is 35.5. The van der Waals surface area contributed by atoms with E-state index in [1.54, 1.807) is 0 Å². The first-order valence-corrected chi connectivity index (χ1v) is 7.30. The number of anilines is 1.